The van der Waals surface area contributed by atoms with Crippen molar-refractivity contribution in [3.8, 4) is 5.75 Å². The number of anilines is 3. The van der Waals surface area contributed by atoms with Crippen molar-refractivity contribution >= 4 is 69.6 Å². The minimum Gasteiger partial charge on any atom is -0.495 e. The molecule has 0 spiro atoms. The average molecular weight is 517 g/mol. The summed E-state index contributed by atoms with van der Waals surface area (Å²) in [6.07, 6.45) is 0. The summed E-state index contributed by atoms with van der Waals surface area (Å²) in [7, 11) is 1.48. The number of imide groups is 1. The van der Waals surface area contributed by atoms with E-state index in [0.29, 0.717) is 22.1 Å². The minimum absolute atomic E-state index is 0.124. The van der Waals surface area contributed by atoms with Crippen LogP contribution in [0.4, 0.5) is 17.1 Å². The standard InChI is InChI=1S/C24H16Cl3N3O4/c1-34-19-10-9-14(25)12-17(19)29-22(31)13-5-4-6-15(11-13)28-21-20(27)23(32)30(24(21)33)18-8-3-2-7-16(18)26/h2-12,28H,1H3,(H,29,31). The van der Waals surface area contributed by atoms with Gasteiger partial charge in [0.05, 0.1) is 23.5 Å². The van der Waals surface area contributed by atoms with Crippen molar-refractivity contribution in [2.75, 3.05) is 22.6 Å². The Morgan fingerprint density at radius 3 is 2.41 bits per heavy atom. The summed E-state index contributed by atoms with van der Waals surface area (Å²) in [4.78, 5) is 39.4. The summed E-state index contributed by atoms with van der Waals surface area (Å²) in [5.41, 5.74) is 1.15. The lowest BCUT2D eigenvalue weighted by Crippen LogP contribution is -2.32. The monoisotopic (exact) mass is 515 g/mol. The Morgan fingerprint density at radius 1 is 0.912 bits per heavy atom. The number of carbonyl (C=O) groups is 3. The zero-order valence-corrected chi connectivity index (χ0v) is 19.8. The number of para-hydroxylation sites is 1. The second-order valence-corrected chi connectivity index (χ2v) is 8.31. The Balaban J connectivity index is 1.56. The number of hydrogen-bond donors (Lipinski definition) is 2. The average Bonchev–Trinajstić information content (AvgIpc) is 3.03. The molecule has 4 rings (SSSR count). The normalized spacial score (nSPS) is 13.4. The van der Waals surface area contributed by atoms with Crippen LogP contribution in [0, 0.1) is 0 Å². The molecule has 3 aromatic carbocycles. The Morgan fingerprint density at radius 2 is 1.68 bits per heavy atom. The second-order valence-electron chi connectivity index (χ2n) is 7.09. The van der Waals surface area contributed by atoms with Crippen LogP contribution in [0.15, 0.2) is 77.5 Å². The maximum absolute atomic E-state index is 13.0. The van der Waals surface area contributed by atoms with E-state index in [0.717, 1.165) is 4.90 Å². The minimum atomic E-state index is -0.704. The number of benzene rings is 3. The van der Waals surface area contributed by atoms with E-state index in [2.05, 4.69) is 10.6 Å². The third kappa shape index (κ3) is 4.59. The summed E-state index contributed by atoms with van der Waals surface area (Å²) >= 11 is 18.4. The highest BCUT2D eigenvalue weighted by atomic mass is 35.5. The Labute approximate surface area is 209 Å². The van der Waals surface area contributed by atoms with Crippen LogP contribution in [0.2, 0.25) is 10.0 Å². The molecule has 0 fully saturated rings. The fraction of sp³-hybridized carbons (Fsp3) is 0.0417. The van der Waals surface area contributed by atoms with E-state index in [-0.39, 0.29) is 27.0 Å². The number of amides is 3. The van der Waals surface area contributed by atoms with Gasteiger partial charge in [-0.2, -0.15) is 0 Å². The molecule has 1 aliphatic rings. The summed E-state index contributed by atoms with van der Waals surface area (Å²) in [6.45, 7) is 0. The van der Waals surface area contributed by atoms with E-state index in [9.17, 15) is 14.4 Å². The molecule has 7 nitrogen and oxygen atoms in total. The van der Waals surface area contributed by atoms with E-state index in [1.165, 1.54) is 13.2 Å². The lowest BCUT2D eigenvalue weighted by Gasteiger charge is -2.16. The molecule has 0 unspecified atom stereocenters. The molecule has 3 aromatic rings. The third-order valence-electron chi connectivity index (χ3n) is 4.92. The van der Waals surface area contributed by atoms with E-state index in [1.54, 1.807) is 60.7 Å². The molecule has 0 aliphatic carbocycles. The first-order valence-corrected chi connectivity index (χ1v) is 11.0. The second kappa shape index (κ2) is 9.77. The SMILES string of the molecule is COc1ccc(Cl)cc1NC(=O)c1cccc(NC2=C(Cl)C(=O)N(c3ccccc3Cl)C2=O)c1. The van der Waals surface area contributed by atoms with Crippen LogP contribution in [0.1, 0.15) is 10.4 Å². The number of nitrogens with one attached hydrogen (secondary N) is 2. The fourth-order valence-electron chi connectivity index (χ4n) is 3.32. The van der Waals surface area contributed by atoms with Crippen molar-refractivity contribution in [3.05, 3.63) is 93.1 Å². The van der Waals surface area contributed by atoms with Gasteiger partial charge in [0.15, 0.2) is 0 Å². The molecule has 0 saturated heterocycles. The number of ether oxygens (including phenoxy) is 1. The molecule has 3 amide bonds. The molecular formula is C24H16Cl3N3O4. The van der Waals surface area contributed by atoms with E-state index < -0.39 is 17.7 Å². The highest BCUT2D eigenvalue weighted by Gasteiger charge is 2.39. The van der Waals surface area contributed by atoms with Crippen molar-refractivity contribution in [1.29, 1.82) is 0 Å². The van der Waals surface area contributed by atoms with E-state index >= 15 is 0 Å². The number of methoxy groups -OCH3 is 1. The first-order chi connectivity index (χ1) is 16.3. The summed E-state index contributed by atoms with van der Waals surface area (Å²) in [5, 5.41) is 5.96. The highest BCUT2D eigenvalue weighted by molar-refractivity contribution is 6.53. The lowest BCUT2D eigenvalue weighted by atomic mass is 10.1. The molecule has 0 radical (unpaired) electrons. The van der Waals surface area contributed by atoms with Crippen LogP contribution in [0.5, 0.6) is 5.75 Å². The maximum atomic E-state index is 13.0. The van der Waals surface area contributed by atoms with Crippen molar-refractivity contribution in [3.63, 3.8) is 0 Å². The molecule has 1 heterocycles. The molecule has 0 atom stereocenters. The number of halogens is 3. The predicted molar refractivity (Wildman–Crippen MR) is 133 cm³/mol. The van der Waals surface area contributed by atoms with Crippen LogP contribution in [-0.2, 0) is 9.59 Å². The largest absolute Gasteiger partial charge is 0.495 e. The van der Waals surface area contributed by atoms with Gasteiger partial charge in [0, 0.05) is 16.3 Å². The first kappa shape index (κ1) is 23.6. The summed E-state index contributed by atoms with van der Waals surface area (Å²) in [6, 6.07) is 17.6. The van der Waals surface area contributed by atoms with Gasteiger partial charge in [0.2, 0.25) is 0 Å². The molecule has 0 saturated carbocycles. The zero-order chi connectivity index (χ0) is 24.4. The molecule has 172 valence electrons. The van der Waals surface area contributed by atoms with Crippen LogP contribution >= 0.6 is 34.8 Å². The maximum Gasteiger partial charge on any atom is 0.283 e. The van der Waals surface area contributed by atoms with Crippen LogP contribution in [0.25, 0.3) is 0 Å². The molecular weight excluding hydrogens is 501 g/mol. The van der Waals surface area contributed by atoms with Crippen molar-refractivity contribution < 1.29 is 19.1 Å². The van der Waals surface area contributed by atoms with Crippen LogP contribution < -0.4 is 20.3 Å². The molecule has 0 bridgehead atoms. The fourth-order valence-corrected chi connectivity index (χ4v) is 3.92. The van der Waals surface area contributed by atoms with Crippen LogP contribution in [0.3, 0.4) is 0 Å². The first-order valence-electron chi connectivity index (χ1n) is 9.85. The van der Waals surface area contributed by atoms with Gasteiger partial charge in [-0.05, 0) is 48.5 Å². The topological polar surface area (TPSA) is 87.7 Å². The van der Waals surface area contributed by atoms with Crippen LogP contribution in [-0.4, -0.2) is 24.8 Å². The number of nitrogens with zero attached hydrogens (tertiary/aromatic N) is 1. The van der Waals surface area contributed by atoms with Crippen molar-refractivity contribution in [2.24, 2.45) is 0 Å². The third-order valence-corrected chi connectivity index (χ3v) is 5.83. The van der Waals surface area contributed by atoms with Gasteiger partial charge in [0.1, 0.15) is 16.5 Å². The van der Waals surface area contributed by atoms with E-state index in [4.69, 9.17) is 39.5 Å². The van der Waals surface area contributed by atoms with Gasteiger partial charge >= 0.3 is 0 Å². The van der Waals surface area contributed by atoms with Gasteiger partial charge in [-0.15, -0.1) is 0 Å². The Bertz CT molecular complexity index is 1360. The molecule has 2 N–H and O–H groups in total. The number of rotatable bonds is 6. The van der Waals surface area contributed by atoms with Gasteiger partial charge in [-0.25, -0.2) is 4.90 Å². The zero-order valence-electron chi connectivity index (χ0n) is 17.6. The van der Waals surface area contributed by atoms with Gasteiger partial charge < -0.3 is 15.4 Å². The molecule has 10 heteroatoms. The Kier molecular flexibility index (Phi) is 6.79. The summed E-state index contributed by atoms with van der Waals surface area (Å²) in [5.74, 6) is -1.36. The predicted octanol–water partition coefficient (Wildman–Crippen LogP) is 5.69. The van der Waals surface area contributed by atoms with E-state index in [1.807, 2.05) is 0 Å². The number of hydrogen-bond acceptors (Lipinski definition) is 5. The van der Waals surface area contributed by atoms with Gasteiger partial charge in [-0.3, -0.25) is 14.4 Å². The number of carbonyl (C=O) groups excluding carboxylic acids is 3. The quantitative estimate of drug-likeness (QED) is 0.411. The van der Waals surface area contributed by atoms with Crippen molar-refractivity contribution in [1.82, 2.24) is 0 Å². The molecule has 1 aliphatic heterocycles. The smallest absolute Gasteiger partial charge is 0.283 e. The van der Waals surface area contributed by atoms with Crippen molar-refractivity contribution in [2.45, 2.75) is 0 Å². The Hall–Kier alpha value is -3.52. The van der Waals surface area contributed by atoms with Gasteiger partial charge in [0.25, 0.3) is 17.7 Å². The lowest BCUT2D eigenvalue weighted by molar-refractivity contribution is -0.120. The highest BCUT2D eigenvalue weighted by Crippen LogP contribution is 2.34. The molecule has 34 heavy (non-hydrogen) atoms. The summed E-state index contributed by atoms with van der Waals surface area (Å²) < 4.78 is 5.25. The molecule has 0 aromatic heterocycles. The van der Waals surface area contributed by atoms with Gasteiger partial charge in [-0.1, -0.05) is 53.0 Å².